The molecule has 0 unspecified atom stereocenters. The van der Waals surface area contributed by atoms with Crippen molar-refractivity contribution in [3.8, 4) is 5.75 Å². The molecule has 1 aromatic carbocycles. The molecule has 0 fully saturated rings. The fraction of sp³-hybridized carbons (Fsp3) is 0.333. The highest BCUT2D eigenvalue weighted by atomic mass is 16.5. The molecule has 5 nitrogen and oxygen atoms in total. The first-order valence-corrected chi connectivity index (χ1v) is 6.53. The normalized spacial score (nSPS) is 10.8. The van der Waals surface area contributed by atoms with Crippen LogP contribution in [0.2, 0.25) is 0 Å². The van der Waals surface area contributed by atoms with Gasteiger partial charge in [0.25, 0.3) is 5.56 Å². The SMILES string of the molecule is CCOC(=O)c1c(OC(C)C)c2ccccc2[nH]c1=O. The fourth-order valence-corrected chi connectivity index (χ4v) is 1.96. The van der Waals surface area contributed by atoms with Gasteiger partial charge < -0.3 is 14.5 Å². The van der Waals surface area contributed by atoms with Gasteiger partial charge in [-0.2, -0.15) is 0 Å². The number of hydrogen-bond acceptors (Lipinski definition) is 4. The third-order valence-electron chi connectivity index (χ3n) is 2.71. The van der Waals surface area contributed by atoms with Gasteiger partial charge in [-0.1, -0.05) is 12.1 Å². The minimum atomic E-state index is -0.671. The summed E-state index contributed by atoms with van der Waals surface area (Å²) < 4.78 is 10.6. The topological polar surface area (TPSA) is 68.4 Å². The monoisotopic (exact) mass is 275 g/mol. The Labute approximate surface area is 116 Å². The fourth-order valence-electron chi connectivity index (χ4n) is 1.96. The van der Waals surface area contributed by atoms with Crippen molar-refractivity contribution in [2.45, 2.75) is 26.9 Å². The zero-order valence-corrected chi connectivity index (χ0v) is 11.7. The molecule has 0 saturated carbocycles. The first-order valence-electron chi connectivity index (χ1n) is 6.53. The Bertz CT molecular complexity index is 688. The van der Waals surface area contributed by atoms with Crippen LogP contribution >= 0.6 is 0 Å². The van der Waals surface area contributed by atoms with Crippen LogP contribution in [0.4, 0.5) is 0 Å². The maximum Gasteiger partial charge on any atom is 0.347 e. The molecule has 1 heterocycles. The van der Waals surface area contributed by atoms with E-state index < -0.39 is 11.5 Å². The number of carbonyl (C=O) groups excluding carboxylic acids is 1. The van der Waals surface area contributed by atoms with Crippen molar-refractivity contribution < 1.29 is 14.3 Å². The summed E-state index contributed by atoms with van der Waals surface area (Å²) in [5.74, 6) is -0.395. The van der Waals surface area contributed by atoms with Gasteiger partial charge in [-0.25, -0.2) is 4.79 Å². The Kier molecular flexibility index (Phi) is 4.08. The van der Waals surface area contributed by atoms with Crippen LogP contribution in [-0.2, 0) is 4.74 Å². The van der Waals surface area contributed by atoms with Crippen molar-refractivity contribution in [1.29, 1.82) is 0 Å². The first kappa shape index (κ1) is 14.1. The molecular formula is C15H17NO4. The van der Waals surface area contributed by atoms with Crippen molar-refractivity contribution in [3.05, 3.63) is 40.2 Å². The lowest BCUT2D eigenvalue weighted by Gasteiger charge is -2.15. The molecule has 0 aliphatic rings. The van der Waals surface area contributed by atoms with E-state index in [9.17, 15) is 9.59 Å². The van der Waals surface area contributed by atoms with Crippen LogP contribution in [0.15, 0.2) is 29.1 Å². The van der Waals surface area contributed by atoms with Gasteiger partial charge in [0.15, 0.2) is 5.56 Å². The van der Waals surface area contributed by atoms with Crippen LogP contribution in [0, 0.1) is 0 Å². The quantitative estimate of drug-likeness (QED) is 0.870. The number of esters is 1. The summed E-state index contributed by atoms with van der Waals surface area (Å²) in [6, 6.07) is 7.19. The predicted octanol–water partition coefficient (Wildman–Crippen LogP) is 2.49. The zero-order valence-electron chi connectivity index (χ0n) is 11.7. The number of para-hydroxylation sites is 1. The summed E-state index contributed by atoms with van der Waals surface area (Å²) in [4.78, 5) is 26.8. The largest absolute Gasteiger partial charge is 0.489 e. The van der Waals surface area contributed by atoms with Gasteiger partial charge in [0.05, 0.1) is 18.2 Å². The molecule has 0 aliphatic heterocycles. The average Bonchev–Trinajstić information content (AvgIpc) is 2.38. The van der Waals surface area contributed by atoms with Crippen LogP contribution < -0.4 is 10.3 Å². The van der Waals surface area contributed by atoms with E-state index in [0.717, 1.165) is 0 Å². The maximum atomic E-state index is 12.1. The summed E-state index contributed by atoms with van der Waals surface area (Å²) in [7, 11) is 0. The molecule has 1 aromatic heterocycles. The van der Waals surface area contributed by atoms with Crippen molar-refractivity contribution in [2.75, 3.05) is 6.61 Å². The van der Waals surface area contributed by atoms with Gasteiger partial charge in [-0.3, -0.25) is 4.79 Å². The molecule has 0 radical (unpaired) electrons. The number of hydrogen-bond donors (Lipinski definition) is 1. The van der Waals surface area contributed by atoms with Gasteiger partial charge in [0.2, 0.25) is 0 Å². The Hall–Kier alpha value is -2.30. The van der Waals surface area contributed by atoms with Crippen LogP contribution in [0.3, 0.4) is 0 Å². The minimum absolute atomic E-state index is 0.0840. The number of pyridine rings is 1. The lowest BCUT2D eigenvalue weighted by molar-refractivity contribution is 0.0518. The van der Waals surface area contributed by atoms with E-state index in [0.29, 0.717) is 10.9 Å². The summed E-state index contributed by atoms with van der Waals surface area (Å²) in [6.07, 6.45) is -0.159. The van der Waals surface area contributed by atoms with Crippen LogP contribution in [0.1, 0.15) is 31.1 Å². The summed E-state index contributed by atoms with van der Waals surface area (Å²) in [5.41, 5.74) is 0.0400. The maximum absolute atomic E-state index is 12.1. The van der Waals surface area contributed by atoms with Gasteiger partial charge in [-0.05, 0) is 32.9 Å². The number of aromatic nitrogens is 1. The van der Waals surface area contributed by atoms with E-state index in [2.05, 4.69) is 4.98 Å². The third kappa shape index (κ3) is 2.66. The van der Waals surface area contributed by atoms with E-state index in [1.54, 1.807) is 19.1 Å². The molecule has 0 atom stereocenters. The van der Waals surface area contributed by atoms with Crippen molar-refractivity contribution in [3.63, 3.8) is 0 Å². The second-order valence-corrected chi connectivity index (χ2v) is 4.59. The highest BCUT2D eigenvalue weighted by molar-refractivity contribution is 5.99. The van der Waals surface area contributed by atoms with Crippen LogP contribution in [0.25, 0.3) is 10.9 Å². The molecule has 106 valence electrons. The Morgan fingerprint density at radius 2 is 2.00 bits per heavy atom. The van der Waals surface area contributed by atoms with Gasteiger partial charge >= 0.3 is 5.97 Å². The standard InChI is InChI=1S/C15H17NO4/c1-4-19-15(18)12-13(20-9(2)3)10-7-5-6-8-11(10)16-14(12)17/h5-9H,4H2,1-3H3,(H,16,17). The molecule has 20 heavy (non-hydrogen) atoms. The van der Waals surface area contributed by atoms with Gasteiger partial charge in [-0.15, -0.1) is 0 Å². The molecule has 0 amide bonds. The number of benzene rings is 1. The highest BCUT2D eigenvalue weighted by Gasteiger charge is 2.22. The molecule has 2 rings (SSSR count). The number of carbonyl (C=O) groups is 1. The Morgan fingerprint density at radius 3 is 2.65 bits per heavy atom. The number of nitrogens with one attached hydrogen (secondary N) is 1. The average molecular weight is 275 g/mol. The number of fused-ring (bicyclic) bond motifs is 1. The van der Waals surface area contributed by atoms with E-state index in [1.807, 2.05) is 26.0 Å². The molecule has 2 aromatic rings. The summed E-state index contributed by atoms with van der Waals surface area (Å²) >= 11 is 0. The van der Waals surface area contributed by atoms with E-state index in [4.69, 9.17) is 9.47 Å². The summed E-state index contributed by atoms with van der Waals surface area (Å²) in [5, 5.41) is 0.684. The van der Waals surface area contributed by atoms with Crippen molar-refractivity contribution in [2.24, 2.45) is 0 Å². The van der Waals surface area contributed by atoms with Crippen molar-refractivity contribution in [1.82, 2.24) is 4.98 Å². The molecule has 0 bridgehead atoms. The van der Waals surface area contributed by atoms with E-state index in [1.165, 1.54) is 0 Å². The van der Waals surface area contributed by atoms with Crippen LogP contribution in [0.5, 0.6) is 5.75 Å². The lowest BCUT2D eigenvalue weighted by Crippen LogP contribution is -2.23. The third-order valence-corrected chi connectivity index (χ3v) is 2.71. The number of rotatable bonds is 4. The Morgan fingerprint density at radius 1 is 1.30 bits per heavy atom. The highest BCUT2D eigenvalue weighted by Crippen LogP contribution is 2.27. The molecule has 1 N–H and O–H groups in total. The van der Waals surface area contributed by atoms with Gasteiger partial charge in [0.1, 0.15) is 5.75 Å². The van der Waals surface area contributed by atoms with E-state index in [-0.39, 0.29) is 24.0 Å². The van der Waals surface area contributed by atoms with Crippen molar-refractivity contribution >= 4 is 16.9 Å². The lowest BCUT2D eigenvalue weighted by atomic mass is 10.1. The van der Waals surface area contributed by atoms with Gasteiger partial charge in [0, 0.05) is 5.39 Å². The number of ether oxygens (including phenoxy) is 2. The molecule has 0 spiro atoms. The molecule has 0 saturated heterocycles. The van der Waals surface area contributed by atoms with E-state index >= 15 is 0 Å². The minimum Gasteiger partial charge on any atom is -0.489 e. The van der Waals surface area contributed by atoms with Crippen LogP contribution in [-0.4, -0.2) is 23.7 Å². The number of aromatic amines is 1. The second kappa shape index (κ2) is 5.77. The Balaban J connectivity index is 2.73. The summed E-state index contributed by atoms with van der Waals surface area (Å²) in [6.45, 7) is 5.57. The number of H-pyrrole nitrogens is 1. The smallest absolute Gasteiger partial charge is 0.347 e. The second-order valence-electron chi connectivity index (χ2n) is 4.59. The molecular weight excluding hydrogens is 258 g/mol. The predicted molar refractivity (Wildman–Crippen MR) is 76.3 cm³/mol. The molecule has 5 heteroatoms. The zero-order chi connectivity index (χ0) is 14.7. The molecule has 0 aliphatic carbocycles. The first-order chi connectivity index (χ1) is 9.54.